The molecule has 2 N–H and O–H groups in total. The van der Waals surface area contributed by atoms with E-state index in [0.29, 0.717) is 42.4 Å². The summed E-state index contributed by atoms with van der Waals surface area (Å²) in [5.74, 6) is 7.24. The number of nitrogens with zero attached hydrogens (tertiary/aromatic N) is 1. The highest BCUT2D eigenvalue weighted by Gasteiger charge is 2.11. The lowest BCUT2D eigenvalue weighted by Gasteiger charge is -2.28. The minimum absolute atomic E-state index is 0.295. The van der Waals surface area contributed by atoms with E-state index in [2.05, 4.69) is 55.1 Å². The van der Waals surface area contributed by atoms with Gasteiger partial charge in [0.05, 0.1) is 27.3 Å². The Labute approximate surface area is 150 Å². The second-order valence-electron chi connectivity index (χ2n) is 6.09. The van der Waals surface area contributed by atoms with E-state index in [9.17, 15) is 4.79 Å². The molecule has 0 atom stereocenters. The van der Waals surface area contributed by atoms with E-state index in [1.807, 2.05) is 0 Å². The number of hydrogen-bond acceptors (Lipinski definition) is 4. The molecule has 6 heteroatoms. The second kappa shape index (κ2) is 10.5. The van der Waals surface area contributed by atoms with Gasteiger partial charge < -0.3 is 20.1 Å². The Balaban J connectivity index is 2.47. The number of anilines is 1. The first-order chi connectivity index (χ1) is 11.9. The highest BCUT2D eigenvalue weighted by molar-refractivity contribution is 5.89. The Hall–Kier alpha value is -2.39. The van der Waals surface area contributed by atoms with Crippen LogP contribution in [0.1, 0.15) is 27.7 Å². The van der Waals surface area contributed by atoms with Crippen molar-refractivity contribution in [2.24, 2.45) is 0 Å². The fraction of sp³-hybridized carbons (Fsp3) is 0.526. The van der Waals surface area contributed by atoms with E-state index >= 15 is 0 Å². The smallest absolute Gasteiger partial charge is 0.319 e. The highest BCUT2D eigenvalue weighted by atomic mass is 16.5. The molecule has 138 valence electrons. The van der Waals surface area contributed by atoms with Crippen molar-refractivity contribution in [1.29, 1.82) is 0 Å². The molecule has 1 rings (SSSR count). The van der Waals surface area contributed by atoms with Crippen LogP contribution < -0.4 is 20.1 Å². The monoisotopic (exact) mass is 347 g/mol. The number of carbonyl (C=O) groups is 1. The van der Waals surface area contributed by atoms with E-state index in [1.54, 1.807) is 32.4 Å². The molecule has 0 heterocycles. The van der Waals surface area contributed by atoms with Crippen LogP contribution in [0, 0.1) is 11.8 Å². The predicted molar refractivity (Wildman–Crippen MR) is 101 cm³/mol. The van der Waals surface area contributed by atoms with Gasteiger partial charge in [-0.05, 0) is 39.8 Å². The normalized spacial score (nSPS) is 10.4. The highest BCUT2D eigenvalue weighted by Crippen LogP contribution is 2.29. The molecule has 0 saturated carbocycles. The first-order valence-corrected chi connectivity index (χ1v) is 8.37. The maximum absolute atomic E-state index is 11.9. The van der Waals surface area contributed by atoms with Crippen LogP contribution in [0.4, 0.5) is 10.5 Å². The summed E-state index contributed by atoms with van der Waals surface area (Å²) in [5.41, 5.74) is 0.619. The van der Waals surface area contributed by atoms with Crippen molar-refractivity contribution < 1.29 is 14.3 Å². The molecule has 0 bridgehead atoms. The predicted octanol–water partition coefficient (Wildman–Crippen LogP) is 2.95. The summed E-state index contributed by atoms with van der Waals surface area (Å²) >= 11 is 0. The van der Waals surface area contributed by atoms with Crippen LogP contribution in [0.2, 0.25) is 0 Å². The third kappa shape index (κ3) is 6.94. The molecule has 0 unspecified atom stereocenters. The van der Waals surface area contributed by atoms with Crippen LogP contribution in [0.15, 0.2) is 18.2 Å². The van der Waals surface area contributed by atoms with Gasteiger partial charge in [0.15, 0.2) is 11.5 Å². The lowest BCUT2D eigenvalue weighted by Crippen LogP contribution is -2.37. The van der Waals surface area contributed by atoms with Gasteiger partial charge in [0.2, 0.25) is 0 Å². The quantitative estimate of drug-likeness (QED) is 0.745. The van der Waals surface area contributed by atoms with Crippen molar-refractivity contribution in [3.05, 3.63) is 18.2 Å². The maximum Gasteiger partial charge on any atom is 0.319 e. The molecule has 25 heavy (non-hydrogen) atoms. The topological polar surface area (TPSA) is 62.8 Å². The molecule has 0 aliphatic carbocycles. The lowest BCUT2D eigenvalue weighted by molar-refractivity contribution is 0.200. The van der Waals surface area contributed by atoms with Crippen LogP contribution in [-0.4, -0.2) is 50.3 Å². The summed E-state index contributed by atoms with van der Waals surface area (Å²) in [6, 6.07) is 5.75. The van der Waals surface area contributed by atoms with Gasteiger partial charge in [-0.1, -0.05) is 11.8 Å². The van der Waals surface area contributed by atoms with E-state index in [0.717, 1.165) is 0 Å². The zero-order chi connectivity index (χ0) is 18.8. The summed E-state index contributed by atoms with van der Waals surface area (Å²) in [5, 5.41) is 5.46. The maximum atomic E-state index is 11.9. The van der Waals surface area contributed by atoms with Gasteiger partial charge in [-0.2, -0.15) is 0 Å². The summed E-state index contributed by atoms with van der Waals surface area (Å²) in [6.07, 6.45) is 0. The summed E-state index contributed by atoms with van der Waals surface area (Å²) < 4.78 is 10.4. The molecule has 0 aliphatic heterocycles. The van der Waals surface area contributed by atoms with Gasteiger partial charge in [0.1, 0.15) is 0 Å². The molecule has 0 aromatic heterocycles. The Morgan fingerprint density at radius 2 is 1.72 bits per heavy atom. The van der Waals surface area contributed by atoms with Gasteiger partial charge in [-0.25, -0.2) is 4.79 Å². The van der Waals surface area contributed by atoms with E-state index in [-0.39, 0.29) is 6.03 Å². The molecule has 0 fully saturated rings. The first-order valence-electron chi connectivity index (χ1n) is 8.37. The molecular weight excluding hydrogens is 318 g/mol. The standard InChI is InChI=1S/C19H29N3O3/c1-14(2)22(15(3)4)12-8-7-11-20-19(23)21-16-9-10-17(24-5)18(13-16)25-6/h9-10,13-15H,11-12H2,1-6H3,(H2,20,21,23). The van der Waals surface area contributed by atoms with Gasteiger partial charge >= 0.3 is 6.03 Å². The lowest BCUT2D eigenvalue weighted by atomic mass is 10.2. The zero-order valence-electron chi connectivity index (χ0n) is 16.0. The SMILES string of the molecule is COc1ccc(NC(=O)NCC#CCN(C(C)C)C(C)C)cc1OC. The number of rotatable bonds is 7. The molecule has 1 aromatic rings. The summed E-state index contributed by atoms with van der Waals surface area (Å²) in [7, 11) is 3.12. The van der Waals surface area contributed by atoms with Crippen molar-refractivity contribution in [3.63, 3.8) is 0 Å². The number of benzene rings is 1. The van der Waals surface area contributed by atoms with Gasteiger partial charge in [-0.3, -0.25) is 4.90 Å². The molecule has 0 aliphatic rings. The second-order valence-corrected chi connectivity index (χ2v) is 6.09. The molecule has 0 saturated heterocycles. The third-order valence-corrected chi connectivity index (χ3v) is 3.69. The van der Waals surface area contributed by atoms with Crippen LogP contribution in [-0.2, 0) is 0 Å². The Bertz CT molecular complexity index is 610. The van der Waals surface area contributed by atoms with Crippen LogP contribution >= 0.6 is 0 Å². The summed E-state index contributed by atoms with van der Waals surface area (Å²) in [6.45, 7) is 9.58. The van der Waals surface area contributed by atoms with Crippen LogP contribution in [0.25, 0.3) is 0 Å². The number of urea groups is 1. The van der Waals surface area contributed by atoms with Gasteiger partial charge in [0, 0.05) is 23.8 Å². The number of amides is 2. The minimum atomic E-state index is -0.314. The molecule has 2 amide bonds. The van der Waals surface area contributed by atoms with Crippen molar-refractivity contribution >= 4 is 11.7 Å². The Kier molecular flexibility index (Phi) is 8.65. The number of nitrogens with one attached hydrogen (secondary N) is 2. The number of ether oxygens (including phenoxy) is 2. The van der Waals surface area contributed by atoms with Crippen molar-refractivity contribution in [2.75, 3.05) is 32.6 Å². The molecule has 0 radical (unpaired) electrons. The molecule has 0 spiro atoms. The molecular formula is C19H29N3O3. The van der Waals surface area contributed by atoms with Gasteiger partial charge in [0.25, 0.3) is 0 Å². The number of carbonyl (C=O) groups excluding carboxylic acids is 1. The minimum Gasteiger partial charge on any atom is -0.493 e. The zero-order valence-corrected chi connectivity index (χ0v) is 16.0. The third-order valence-electron chi connectivity index (χ3n) is 3.69. The average Bonchev–Trinajstić information content (AvgIpc) is 2.57. The summed E-state index contributed by atoms with van der Waals surface area (Å²) in [4.78, 5) is 14.2. The largest absolute Gasteiger partial charge is 0.493 e. The van der Waals surface area contributed by atoms with E-state index < -0.39 is 0 Å². The van der Waals surface area contributed by atoms with E-state index in [4.69, 9.17) is 9.47 Å². The van der Waals surface area contributed by atoms with Crippen LogP contribution in [0.3, 0.4) is 0 Å². The molecule has 1 aromatic carbocycles. The first kappa shape index (κ1) is 20.7. The van der Waals surface area contributed by atoms with Crippen LogP contribution in [0.5, 0.6) is 11.5 Å². The fourth-order valence-corrected chi connectivity index (χ4v) is 2.38. The molecule has 6 nitrogen and oxygen atoms in total. The van der Waals surface area contributed by atoms with Crippen molar-refractivity contribution in [2.45, 2.75) is 39.8 Å². The van der Waals surface area contributed by atoms with E-state index in [1.165, 1.54) is 0 Å². The fourth-order valence-electron chi connectivity index (χ4n) is 2.38. The average molecular weight is 347 g/mol. The van der Waals surface area contributed by atoms with Crippen molar-refractivity contribution in [3.8, 4) is 23.3 Å². The Morgan fingerprint density at radius 1 is 1.08 bits per heavy atom. The number of methoxy groups -OCH3 is 2. The Morgan fingerprint density at radius 3 is 2.28 bits per heavy atom. The van der Waals surface area contributed by atoms with Gasteiger partial charge in [-0.15, -0.1) is 0 Å². The number of hydrogen-bond donors (Lipinski definition) is 2. The van der Waals surface area contributed by atoms with Crippen molar-refractivity contribution in [1.82, 2.24) is 10.2 Å².